The lowest BCUT2D eigenvalue weighted by atomic mass is 9.96. The predicted molar refractivity (Wildman–Crippen MR) is 123 cm³/mol. The first-order chi connectivity index (χ1) is 15.6. The van der Waals surface area contributed by atoms with Crippen LogP contribution in [0.5, 0.6) is 11.5 Å². The highest BCUT2D eigenvalue weighted by Crippen LogP contribution is 2.34. The zero-order valence-corrected chi connectivity index (χ0v) is 17.6. The summed E-state index contributed by atoms with van der Waals surface area (Å²) in [5.41, 5.74) is 2.74. The van der Waals surface area contributed by atoms with Crippen LogP contribution in [0.3, 0.4) is 0 Å². The number of H-pyrrole nitrogens is 2. The Labute approximate surface area is 183 Å². The minimum Gasteiger partial charge on any atom is -0.494 e. The summed E-state index contributed by atoms with van der Waals surface area (Å²) in [7, 11) is 3.05. The van der Waals surface area contributed by atoms with E-state index in [1.807, 2.05) is 48.5 Å². The second kappa shape index (κ2) is 7.74. The fourth-order valence-electron chi connectivity index (χ4n) is 4.12. The molecule has 2 aromatic heterocycles. The summed E-state index contributed by atoms with van der Waals surface area (Å²) in [4.78, 5) is 33.4. The molecule has 0 saturated heterocycles. The third-order valence-electron chi connectivity index (χ3n) is 5.60. The number of methoxy groups -OCH3 is 2. The van der Waals surface area contributed by atoms with Crippen LogP contribution in [0, 0.1) is 0 Å². The number of aromatic nitrogens is 2. The Kier molecular flexibility index (Phi) is 4.75. The SMILES string of the molecule is COc1c(C(=O)c2ccccc2C(=O)c2[nH]c3ccccc3c2OC)[nH]c2ccccc12. The van der Waals surface area contributed by atoms with Crippen LogP contribution < -0.4 is 9.47 Å². The van der Waals surface area contributed by atoms with Crippen molar-refractivity contribution >= 4 is 33.4 Å². The zero-order valence-electron chi connectivity index (χ0n) is 17.6. The van der Waals surface area contributed by atoms with Gasteiger partial charge in [0.15, 0.2) is 11.5 Å². The van der Waals surface area contributed by atoms with E-state index in [1.165, 1.54) is 14.2 Å². The van der Waals surface area contributed by atoms with E-state index in [0.29, 0.717) is 22.9 Å². The summed E-state index contributed by atoms with van der Waals surface area (Å²) in [5, 5.41) is 1.61. The molecule has 6 nitrogen and oxygen atoms in total. The first kappa shape index (κ1) is 19.6. The Morgan fingerprint density at radius 3 is 1.38 bits per heavy atom. The van der Waals surface area contributed by atoms with Gasteiger partial charge in [-0.1, -0.05) is 48.5 Å². The van der Waals surface area contributed by atoms with E-state index in [1.54, 1.807) is 24.3 Å². The van der Waals surface area contributed by atoms with Crippen LogP contribution >= 0.6 is 0 Å². The number of carbonyl (C=O) groups is 2. The van der Waals surface area contributed by atoms with E-state index in [0.717, 1.165) is 21.8 Å². The van der Waals surface area contributed by atoms with Gasteiger partial charge in [-0.3, -0.25) is 9.59 Å². The van der Waals surface area contributed by atoms with Gasteiger partial charge in [-0.25, -0.2) is 0 Å². The van der Waals surface area contributed by atoms with Gasteiger partial charge in [0, 0.05) is 32.9 Å². The molecule has 2 N–H and O–H groups in total. The third kappa shape index (κ3) is 2.96. The van der Waals surface area contributed by atoms with E-state index in [4.69, 9.17) is 9.47 Å². The first-order valence-electron chi connectivity index (χ1n) is 10.1. The quantitative estimate of drug-likeness (QED) is 0.370. The molecule has 0 saturated carbocycles. The molecular weight excluding hydrogens is 404 g/mol. The number of ether oxygens (including phenoxy) is 2. The van der Waals surface area contributed by atoms with Crippen LogP contribution in [0.15, 0.2) is 72.8 Å². The van der Waals surface area contributed by atoms with Gasteiger partial charge >= 0.3 is 0 Å². The van der Waals surface area contributed by atoms with E-state index in [9.17, 15) is 9.59 Å². The van der Waals surface area contributed by atoms with Gasteiger partial charge in [0.25, 0.3) is 0 Å². The number of hydrogen-bond acceptors (Lipinski definition) is 4. The van der Waals surface area contributed by atoms with Crippen LogP contribution in [0.4, 0.5) is 0 Å². The Balaban J connectivity index is 1.64. The molecule has 6 heteroatoms. The number of hydrogen-bond donors (Lipinski definition) is 2. The Morgan fingerprint density at radius 2 is 0.969 bits per heavy atom. The second-order valence-corrected chi connectivity index (χ2v) is 7.36. The normalized spacial score (nSPS) is 11.1. The van der Waals surface area contributed by atoms with Gasteiger partial charge in [0.1, 0.15) is 11.4 Å². The maximum atomic E-state index is 13.6. The molecule has 0 amide bonds. The maximum absolute atomic E-state index is 13.6. The number of aromatic amines is 2. The fourth-order valence-corrected chi connectivity index (χ4v) is 4.12. The molecule has 0 aliphatic heterocycles. The first-order valence-corrected chi connectivity index (χ1v) is 10.1. The van der Waals surface area contributed by atoms with Gasteiger partial charge in [0.2, 0.25) is 11.6 Å². The van der Waals surface area contributed by atoms with Crippen LogP contribution in [-0.2, 0) is 0 Å². The molecular formula is C26H20N2O4. The minimum atomic E-state index is -0.322. The average Bonchev–Trinajstić information content (AvgIpc) is 3.41. The molecule has 0 aliphatic rings. The van der Waals surface area contributed by atoms with Crippen molar-refractivity contribution in [3.8, 4) is 11.5 Å². The van der Waals surface area contributed by atoms with Gasteiger partial charge in [0.05, 0.1) is 14.2 Å². The van der Waals surface area contributed by atoms with Gasteiger partial charge < -0.3 is 19.4 Å². The van der Waals surface area contributed by atoms with Crippen molar-refractivity contribution < 1.29 is 19.1 Å². The molecule has 2 heterocycles. The highest BCUT2D eigenvalue weighted by molar-refractivity contribution is 6.22. The maximum Gasteiger partial charge on any atom is 0.213 e. The number of para-hydroxylation sites is 2. The zero-order chi connectivity index (χ0) is 22.2. The highest BCUT2D eigenvalue weighted by atomic mass is 16.5. The largest absolute Gasteiger partial charge is 0.494 e. The molecule has 5 rings (SSSR count). The Hall–Kier alpha value is -4.32. The van der Waals surface area contributed by atoms with Crippen LogP contribution in [-0.4, -0.2) is 35.8 Å². The van der Waals surface area contributed by atoms with Crippen molar-refractivity contribution in [1.82, 2.24) is 9.97 Å². The topological polar surface area (TPSA) is 84.2 Å². The summed E-state index contributed by atoms with van der Waals surface area (Å²) in [5.74, 6) is 0.265. The van der Waals surface area contributed by atoms with Gasteiger partial charge in [-0.05, 0) is 24.3 Å². The molecule has 32 heavy (non-hydrogen) atoms. The van der Waals surface area contributed by atoms with E-state index in [2.05, 4.69) is 9.97 Å². The van der Waals surface area contributed by atoms with Crippen LogP contribution in [0.1, 0.15) is 32.1 Å². The number of benzene rings is 3. The second-order valence-electron chi connectivity index (χ2n) is 7.36. The summed E-state index contributed by atoms with van der Waals surface area (Å²) in [6.45, 7) is 0. The molecule has 5 aromatic rings. The van der Waals surface area contributed by atoms with E-state index < -0.39 is 0 Å². The lowest BCUT2D eigenvalue weighted by Gasteiger charge is -2.09. The molecule has 0 unspecified atom stereocenters. The smallest absolute Gasteiger partial charge is 0.213 e. The molecule has 158 valence electrons. The Bertz CT molecular complexity index is 1380. The van der Waals surface area contributed by atoms with Crippen molar-refractivity contribution in [1.29, 1.82) is 0 Å². The lowest BCUT2D eigenvalue weighted by molar-refractivity contribution is 0.0996. The number of ketones is 2. The fraction of sp³-hybridized carbons (Fsp3) is 0.0769. The average molecular weight is 424 g/mol. The number of fused-ring (bicyclic) bond motifs is 2. The van der Waals surface area contributed by atoms with E-state index >= 15 is 0 Å². The molecule has 3 aromatic carbocycles. The van der Waals surface area contributed by atoms with Gasteiger partial charge in [-0.2, -0.15) is 0 Å². The summed E-state index contributed by atoms with van der Waals surface area (Å²) < 4.78 is 11.1. The number of nitrogens with one attached hydrogen (secondary N) is 2. The monoisotopic (exact) mass is 424 g/mol. The molecule has 0 radical (unpaired) electrons. The molecule has 0 atom stereocenters. The third-order valence-corrected chi connectivity index (χ3v) is 5.60. The van der Waals surface area contributed by atoms with Crippen molar-refractivity contribution in [2.75, 3.05) is 14.2 Å². The summed E-state index contributed by atoms with van der Waals surface area (Å²) in [6.07, 6.45) is 0. The molecule has 0 fully saturated rings. The van der Waals surface area contributed by atoms with Crippen molar-refractivity contribution in [3.63, 3.8) is 0 Å². The number of rotatable bonds is 6. The highest BCUT2D eigenvalue weighted by Gasteiger charge is 2.27. The van der Waals surface area contributed by atoms with Gasteiger partial charge in [-0.15, -0.1) is 0 Å². The molecule has 0 spiro atoms. The summed E-state index contributed by atoms with van der Waals surface area (Å²) >= 11 is 0. The Morgan fingerprint density at radius 1 is 0.594 bits per heavy atom. The predicted octanol–water partition coefficient (Wildman–Crippen LogP) is 5.13. The summed E-state index contributed by atoms with van der Waals surface area (Å²) in [6, 6.07) is 21.8. The van der Waals surface area contributed by atoms with E-state index in [-0.39, 0.29) is 22.7 Å². The van der Waals surface area contributed by atoms with Crippen molar-refractivity contribution in [3.05, 3.63) is 95.3 Å². The van der Waals surface area contributed by atoms with Crippen molar-refractivity contribution in [2.24, 2.45) is 0 Å². The number of carbonyl (C=O) groups excluding carboxylic acids is 2. The van der Waals surface area contributed by atoms with Crippen LogP contribution in [0.25, 0.3) is 21.8 Å². The lowest BCUT2D eigenvalue weighted by Crippen LogP contribution is -2.13. The van der Waals surface area contributed by atoms with Crippen molar-refractivity contribution in [2.45, 2.75) is 0 Å². The van der Waals surface area contributed by atoms with Crippen LogP contribution in [0.2, 0.25) is 0 Å². The molecule has 0 bridgehead atoms. The standard InChI is InChI=1S/C26H20N2O4/c1-31-25-17-11-5-7-13-19(17)27-21(25)23(29)15-9-3-4-10-16(15)24(30)22-26(32-2)18-12-6-8-14-20(18)28-22/h3-14,27-28H,1-2H3. The molecule has 0 aliphatic carbocycles. The minimum absolute atomic E-state index is 0.281.